The summed E-state index contributed by atoms with van der Waals surface area (Å²) in [6.07, 6.45) is 0. The number of carboxylic acids is 2. The fraction of sp³-hybridized carbons (Fsp3) is 0.429. The molecule has 0 aliphatic carbocycles. The molecule has 1 heterocycles. The van der Waals surface area contributed by atoms with E-state index in [-0.39, 0.29) is 0 Å². The number of piperazine rings is 1. The van der Waals surface area contributed by atoms with Gasteiger partial charge in [0.1, 0.15) is 0 Å². The van der Waals surface area contributed by atoms with Crippen molar-refractivity contribution >= 4 is 23.5 Å². The monoisotopic (exact) mass is 314 g/mol. The lowest BCUT2D eigenvalue weighted by atomic mass is 10.2. The Balaban J connectivity index is 0.000000315. The first kappa shape index (κ1) is 17.4. The molecule has 1 aliphatic heterocycles. The summed E-state index contributed by atoms with van der Waals surface area (Å²) in [5.41, 5.74) is 1.24. The van der Waals surface area contributed by atoms with Gasteiger partial charge in [0.2, 0.25) is 0 Å². The molecule has 0 amide bonds. The Labute approximate surface area is 128 Å². The predicted octanol–water partition coefficient (Wildman–Crippen LogP) is 1.24. The first-order valence-corrected chi connectivity index (χ1v) is 6.88. The number of hydrogen-bond donors (Lipinski definition) is 2. The molecule has 1 fully saturated rings. The van der Waals surface area contributed by atoms with Crippen molar-refractivity contribution in [2.75, 3.05) is 33.2 Å². The van der Waals surface area contributed by atoms with E-state index in [1.807, 2.05) is 12.1 Å². The van der Waals surface area contributed by atoms with Gasteiger partial charge in [0.05, 0.1) is 0 Å². The Hall–Kier alpha value is -1.63. The smallest absolute Gasteiger partial charge is 0.414 e. The minimum atomic E-state index is -1.82. The van der Waals surface area contributed by atoms with Crippen molar-refractivity contribution in [1.82, 2.24) is 9.80 Å². The largest absolute Gasteiger partial charge is 0.473 e. The molecule has 0 spiro atoms. The summed E-state index contributed by atoms with van der Waals surface area (Å²) in [7, 11) is 2.17. The van der Waals surface area contributed by atoms with Gasteiger partial charge in [-0.3, -0.25) is 4.90 Å². The van der Waals surface area contributed by atoms with Gasteiger partial charge in [-0.05, 0) is 18.7 Å². The molecular weight excluding hydrogens is 296 g/mol. The molecule has 0 unspecified atom stereocenters. The summed E-state index contributed by atoms with van der Waals surface area (Å²) in [6.45, 7) is 5.58. The van der Waals surface area contributed by atoms with Crippen LogP contribution in [0.2, 0.25) is 5.02 Å². The van der Waals surface area contributed by atoms with Gasteiger partial charge in [-0.1, -0.05) is 29.8 Å². The van der Waals surface area contributed by atoms with E-state index in [1.165, 1.54) is 5.56 Å². The zero-order chi connectivity index (χ0) is 15.8. The maximum absolute atomic E-state index is 9.10. The third kappa shape index (κ3) is 6.57. The molecule has 0 radical (unpaired) electrons. The van der Waals surface area contributed by atoms with Gasteiger partial charge >= 0.3 is 11.9 Å². The van der Waals surface area contributed by atoms with E-state index >= 15 is 0 Å². The molecule has 0 aromatic heterocycles. The number of benzene rings is 1. The van der Waals surface area contributed by atoms with Gasteiger partial charge in [0.15, 0.2) is 0 Å². The van der Waals surface area contributed by atoms with Gasteiger partial charge in [0, 0.05) is 37.7 Å². The molecule has 2 rings (SSSR count). The maximum Gasteiger partial charge on any atom is 0.414 e. The lowest BCUT2D eigenvalue weighted by Crippen LogP contribution is -2.43. The van der Waals surface area contributed by atoms with Crippen LogP contribution in [0.5, 0.6) is 0 Å². The minimum absolute atomic E-state index is 0.886. The number of aliphatic carboxylic acids is 2. The fourth-order valence-electron chi connectivity index (χ4n) is 1.87. The van der Waals surface area contributed by atoms with E-state index in [1.54, 1.807) is 0 Å². The molecule has 0 atom stereocenters. The maximum atomic E-state index is 9.10. The molecular formula is C14H19ClN2O4. The van der Waals surface area contributed by atoms with Crippen LogP contribution in [-0.4, -0.2) is 65.2 Å². The van der Waals surface area contributed by atoms with Crippen molar-refractivity contribution in [2.24, 2.45) is 0 Å². The van der Waals surface area contributed by atoms with Crippen molar-refractivity contribution in [3.63, 3.8) is 0 Å². The third-order valence-corrected chi connectivity index (χ3v) is 3.50. The fourth-order valence-corrected chi connectivity index (χ4v) is 2.07. The van der Waals surface area contributed by atoms with Crippen LogP contribution >= 0.6 is 11.6 Å². The average molecular weight is 315 g/mol. The lowest BCUT2D eigenvalue weighted by molar-refractivity contribution is -0.159. The Kier molecular flexibility index (Phi) is 7.14. The van der Waals surface area contributed by atoms with Crippen LogP contribution in [-0.2, 0) is 16.1 Å². The predicted molar refractivity (Wildman–Crippen MR) is 79.5 cm³/mol. The zero-order valence-electron chi connectivity index (χ0n) is 11.8. The first-order valence-electron chi connectivity index (χ1n) is 6.50. The molecule has 1 saturated heterocycles. The van der Waals surface area contributed by atoms with Crippen molar-refractivity contribution in [3.05, 3.63) is 34.9 Å². The van der Waals surface area contributed by atoms with Crippen LogP contribution < -0.4 is 0 Å². The molecule has 6 nitrogen and oxygen atoms in total. The van der Waals surface area contributed by atoms with E-state index in [2.05, 4.69) is 29.0 Å². The Morgan fingerprint density at radius 2 is 1.62 bits per heavy atom. The molecule has 1 aromatic rings. The van der Waals surface area contributed by atoms with Gasteiger partial charge in [-0.25, -0.2) is 9.59 Å². The van der Waals surface area contributed by atoms with Crippen LogP contribution in [0.4, 0.5) is 0 Å². The van der Waals surface area contributed by atoms with Crippen molar-refractivity contribution in [1.29, 1.82) is 0 Å². The lowest BCUT2D eigenvalue weighted by Gasteiger charge is -2.32. The Morgan fingerprint density at radius 3 is 2.10 bits per heavy atom. The Bertz CT molecular complexity index is 476. The summed E-state index contributed by atoms with van der Waals surface area (Å²) >= 11 is 6.14. The molecule has 1 aromatic carbocycles. The molecule has 7 heteroatoms. The SMILES string of the molecule is CN1CCN(Cc2ccccc2Cl)CC1.O=C(O)C(=O)O. The number of nitrogens with zero attached hydrogens (tertiary/aromatic N) is 2. The highest BCUT2D eigenvalue weighted by Gasteiger charge is 2.14. The minimum Gasteiger partial charge on any atom is -0.473 e. The molecule has 21 heavy (non-hydrogen) atoms. The summed E-state index contributed by atoms with van der Waals surface area (Å²) < 4.78 is 0. The van der Waals surface area contributed by atoms with Crippen LogP contribution in [0.15, 0.2) is 24.3 Å². The summed E-state index contributed by atoms with van der Waals surface area (Å²) in [6, 6.07) is 8.11. The standard InChI is InChI=1S/C12H17ClN2.C2H2O4/c1-14-6-8-15(9-7-14)10-11-4-2-3-5-12(11)13;3-1(4)2(5)6/h2-5H,6-10H2,1H3;(H,3,4)(H,5,6). The van der Waals surface area contributed by atoms with E-state index in [0.717, 1.165) is 37.7 Å². The van der Waals surface area contributed by atoms with Crippen LogP contribution in [0.3, 0.4) is 0 Å². The van der Waals surface area contributed by atoms with Crippen LogP contribution in [0, 0.1) is 0 Å². The van der Waals surface area contributed by atoms with E-state index in [9.17, 15) is 0 Å². The normalized spacial score (nSPS) is 15.9. The van der Waals surface area contributed by atoms with Crippen molar-refractivity contribution in [2.45, 2.75) is 6.54 Å². The highest BCUT2D eigenvalue weighted by atomic mass is 35.5. The number of carboxylic acid groups (broad SMARTS) is 2. The number of halogens is 1. The van der Waals surface area contributed by atoms with E-state index in [0.29, 0.717) is 0 Å². The summed E-state index contributed by atoms with van der Waals surface area (Å²) in [4.78, 5) is 23.0. The summed E-state index contributed by atoms with van der Waals surface area (Å²) in [5.74, 6) is -3.65. The number of carbonyl (C=O) groups is 2. The van der Waals surface area contributed by atoms with Crippen LogP contribution in [0.25, 0.3) is 0 Å². The molecule has 2 N–H and O–H groups in total. The summed E-state index contributed by atoms with van der Waals surface area (Å²) in [5, 5.41) is 15.7. The number of hydrogen-bond acceptors (Lipinski definition) is 4. The van der Waals surface area contributed by atoms with Crippen molar-refractivity contribution in [3.8, 4) is 0 Å². The molecule has 0 saturated carbocycles. The Morgan fingerprint density at radius 1 is 1.10 bits per heavy atom. The molecule has 0 bridgehead atoms. The van der Waals surface area contributed by atoms with E-state index < -0.39 is 11.9 Å². The average Bonchev–Trinajstić information content (AvgIpc) is 2.44. The van der Waals surface area contributed by atoms with Gasteiger partial charge in [-0.15, -0.1) is 0 Å². The third-order valence-electron chi connectivity index (χ3n) is 3.13. The second kappa shape index (κ2) is 8.61. The molecule has 116 valence electrons. The topological polar surface area (TPSA) is 81.1 Å². The van der Waals surface area contributed by atoms with Crippen molar-refractivity contribution < 1.29 is 19.8 Å². The van der Waals surface area contributed by atoms with Crippen LogP contribution in [0.1, 0.15) is 5.56 Å². The highest BCUT2D eigenvalue weighted by molar-refractivity contribution is 6.31. The number of likely N-dealkylation sites (N-methyl/N-ethyl adjacent to an activating group) is 1. The van der Waals surface area contributed by atoms with E-state index in [4.69, 9.17) is 31.4 Å². The highest BCUT2D eigenvalue weighted by Crippen LogP contribution is 2.17. The second-order valence-corrected chi connectivity index (χ2v) is 5.19. The first-order chi connectivity index (χ1) is 9.90. The van der Waals surface area contributed by atoms with Gasteiger partial charge in [0.25, 0.3) is 0 Å². The zero-order valence-corrected chi connectivity index (χ0v) is 12.6. The van der Waals surface area contributed by atoms with Gasteiger partial charge in [-0.2, -0.15) is 0 Å². The quantitative estimate of drug-likeness (QED) is 0.800. The second-order valence-electron chi connectivity index (χ2n) is 4.78. The molecule has 1 aliphatic rings. The van der Waals surface area contributed by atoms with Gasteiger partial charge < -0.3 is 15.1 Å². The number of rotatable bonds is 2.